The highest BCUT2D eigenvalue weighted by Crippen LogP contribution is 2.46. The van der Waals surface area contributed by atoms with E-state index in [9.17, 15) is 4.79 Å². The largest absolute Gasteiger partial charge is 0.464 e. The van der Waals surface area contributed by atoms with Crippen LogP contribution >= 0.6 is 11.6 Å². The number of amidine groups is 1. The number of aliphatic imine (C=N–C) groups is 1. The van der Waals surface area contributed by atoms with E-state index in [-0.39, 0.29) is 5.43 Å². The summed E-state index contributed by atoms with van der Waals surface area (Å²) in [5.74, 6) is 1.41. The summed E-state index contributed by atoms with van der Waals surface area (Å²) in [5.41, 5.74) is 5.54. The lowest BCUT2D eigenvalue weighted by molar-refractivity contribution is 0.585. The number of benzene rings is 3. The highest BCUT2D eigenvalue weighted by molar-refractivity contribution is 6.30. The van der Waals surface area contributed by atoms with Gasteiger partial charge in [-0.3, -0.25) is 4.79 Å². The number of nitrogens with zero attached hydrogens (tertiary/aromatic N) is 4. The van der Waals surface area contributed by atoms with Crippen LogP contribution < -0.4 is 10.3 Å². The van der Waals surface area contributed by atoms with E-state index >= 15 is 0 Å². The molecule has 0 bridgehead atoms. The highest BCUT2D eigenvalue weighted by atomic mass is 35.5. The lowest BCUT2D eigenvalue weighted by atomic mass is 9.92. The molecule has 0 radical (unpaired) electrons. The molecule has 0 spiro atoms. The first-order valence-electron chi connectivity index (χ1n) is 11.6. The van der Waals surface area contributed by atoms with Crippen molar-refractivity contribution in [3.8, 4) is 5.69 Å². The Hall–Kier alpha value is -4.42. The first-order chi connectivity index (χ1) is 17.6. The fourth-order valence-electron chi connectivity index (χ4n) is 5.11. The quantitative estimate of drug-likeness (QED) is 0.279. The van der Waals surface area contributed by atoms with E-state index < -0.39 is 6.04 Å². The van der Waals surface area contributed by atoms with Crippen molar-refractivity contribution in [1.29, 1.82) is 0 Å². The molecule has 3 aromatic carbocycles. The van der Waals surface area contributed by atoms with Crippen LogP contribution in [-0.2, 0) is 0 Å². The van der Waals surface area contributed by atoms with Crippen molar-refractivity contribution < 1.29 is 4.42 Å². The SMILES string of the molecule is Cc1nn(-c2ccc(Cl)cc2)c2c1C(c1coc3ccccc3c1=O)N1C(=N2)C=Cc2ccccc21. The predicted molar refractivity (Wildman–Crippen MR) is 143 cm³/mol. The van der Waals surface area contributed by atoms with Gasteiger partial charge in [-0.15, -0.1) is 0 Å². The van der Waals surface area contributed by atoms with Crippen molar-refractivity contribution in [1.82, 2.24) is 9.78 Å². The zero-order valence-corrected chi connectivity index (χ0v) is 20.0. The minimum atomic E-state index is -0.472. The number of aryl methyl sites for hydroxylation is 1. The van der Waals surface area contributed by atoms with E-state index in [1.54, 1.807) is 12.3 Å². The van der Waals surface area contributed by atoms with E-state index in [0.29, 0.717) is 27.4 Å². The highest BCUT2D eigenvalue weighted by Gasteiger charge is 2.39. The number of rotatable bonds is 2. The minimum absolute atomic E-state index is 0.0697. The number of hydrogen-bond donors (Lipinski definition) is 0. The van der Waals surface area contributed by atoms with Crippen LogP contribution in [0.4, 0.5) is 11.5 Å². The Morgan fingerprint density at radius 3 is 2.58 bits per heavy atom. The molecule has 0 saturated carbocycles. The summed E-state index contributed by atoms with van der Waals surface area (Å²) in [6.07, 6.45) is 5.61. The Labute approximate surface area is 211 Å². The monoisotopic (exact) mass is 490 g/mol. The Morgan fingerprint density at radius 2 is 1.72 bits per heavy atom. The molecular weight excluding hydrogens is 472 g/mol. The summed E-state index contributed by atoms with van der Waals surface area (Å²) >= 11 is 6.14. The number of para-hydroxylation sites is 2. The summed E-state index contributed by atoms with van der Waals surface area (Å²) in [4.78, 5) is 21.0. The summed E-state index contributed by atoms with van der Waals surface area (Å²) in [6, 6.07) is 22.4. The molecule has 0 N–H and O–H groups in total. The zero-order valence-electron chi connectivity index (χ0n) is 19.2. The summed E-state index contributed by atoms with van der Waals surface area (Å²) in [6.45, 7) is 1.95. The van der Waals surface area contributed by atoms with Gasteiger partial charge in [-0.05, 0) is 67.1 Å². The minimum Gasteiger partial charge on any atom is -0.464 e. The van der Waals surface area contributed by atoms with Gasteiger partial charge in [0.15, 0.2) is 11.2 Å². The Morgan fingerprint density at radius 1 is 0.944 bits per heavy atom. The molecule has 1 atom stereocenters. The summed E-state index contributed by atoms with van der Waals surface area (Å²) in [7, 11) is 0. The molecule has 0 saturated heterocycles. The van der Waals surface area contributed by atoms with Crippen LogP contribution in [0, 0.1) is 6.92 Å². The number of anilines is 1. The Kier molecular flexibility index (Phi) is 4.53. The third-order valence-corrected chi connectivity index (χ3v) is 7.01. The molecule has 4 heterocycles. The second-order valence-electron chi connectivity index (χ2n) is 8.86. The molecule has 5 aromatic rings. The van der Waals surface area contributed by atoms with Gasteiger partial charge in [0.05, 0.1) is 34.1 Å². The van der Waals surface area contributed by atoms with Crippen LogP contribution in [0.25, 0.3) is 22.7 Å². The van der Waals surface area contributed by atoms with Gasteiger partial charge in [0.1, 0.15) is 17.7 Å². The van der Waals surface area contributed by atoms with Crippen LogP contribution in [0.1, 0.15) is 28.4 Å². The van der Waals surface area contributed by atoms with Crippen LogP contribution in [0.3, 0.4) is 0 Å². The van der Waals surface area contributed by atoms with Gasteiger partial charge < -0.3 is 9.32 Å². The molecule has 2 aromatic heterocycles. The molecule has 0 amide bonds. The summed E-state index contributed by atoms with van der Waals surface area (Å²) < 4.78 is 7.79. The maximum Gasteiger partial charge on any atom is 0.198 e. The van der Waals surface area contributed by atoms with E-state index in [1.165, 1.54) is 0 Å². The predicted octanol–water partition coefficient (Wildman–Crippen LogP) is 6.61. The number of aromatic nitrogens is 2. The van der Waals surface area contributed by atoms with Crippen molar-refractivity contribution in [2.45, 2.75) is 13.0 Å². The molecule has 1 unspecified atom stereocenters. The molecule has 0 aliphatic carbocycles. The van der Waals surface area contributed by atoms with Crippen LogP contribution in [0.15, 0.2) is 99.3 Å². The van der Waals surface area contributed by atoms with Gasteiger partial charge in [0.2, 0.25) is 0 Å². The smallest absolute Gasteiger partial charge is 0.198 e. The fourth-order valence-corrected chi connectivity index (χ4v) is 5.24. The third-order valence-electron chi connectivity index (χ3n) is 6.76. The molecule has 6 nitrogen and oxygen atoms in total. The van der Waals surface area contributed by atoms with E-state index in [4.69, 9.17) is 26.1 Å². The van der Waals surface area contributed by atoms with Crippen LogP contribution in [0.2, 0.25) is 5.02 Å². The molecule has 174 valence electrons. The Balaban J connectivity index is 1.54. The van der Waals surface area contributed by atoms with Gasteiger partial charge in [0.25, 0.3) is 0 Å². The number of hydrogen-bond acceptors (Lipinski definition) is 5. The average Bonchev–Trinajstić information content (AvgIpc) is 3.24. The van der Waals surface area contributed by atoms with Crippen molar-refractivity contribution in [2.75, 3.05) is 4.90 Å². The lowest BCUT2D eigenvalue weighted by Gasteiger charge is -2.38. The second kappa shape index (κ2) is 7.80. The molecule has 36 heavy (non-hydrogen) atoms. The van der Waals surface area contributed by atoms with Crippen LogP contribution in [-0.4, -0.2) is 15.6 Å². The van der Waals surface area contributed by atoms with Gasteiger partial charge >= 0.3 is 0 Å². The van der Waals surface area contributed by atoms with E-state index in [2.05, 4.69) is 11.0 Å². The van der Waals surface area contributed by atoms with Crippen molar-refractivity contribution >= 4 is 46.0 Å². The zero-order chi connectivity index (χ0) is 24.4. The first-order valence-corrected chi connectivity index (χ1v) is 12.0. The van der Waals surface area contributed by atoms with Crippen molar-refractivity contribution in [3.63, 3.8) is 0 Å². The maximum atomic E-state index is 13.9. The fraction of sp³-hybridized carbons (Fsp3) is 0.0690. The average molecular weight is 491 g/mol. The first kappa shape index (κ1) is 20.9. The molecule has 0 fully saturated rings. The number of halogens is 1. The van der Waals surface area contributed by atoms with Gasteiger partial charge in [0, 0.05) is 10.6 Å². The maximum absolute atomic E-state index is 13.9. The topological polar surface area (TPSA) is 63.6 Å². The number of fused-ring (bicyclic) bond motifs is 5. The van der Waals surface area contributed by atoms with Crippen LogP contribution in [0.5, 0.6) is 0 Å². The van der Waals surface area contributed by atoms with Crippen molar-refractivity contribution in [3.05, 3.63) is 123 Å². The molecule has 7 rings (SSSR count). The molecule has 2 aliphatic rings. The second-order valence-corrected chi connectivity index (χ2v) is 9.30. The standard InChI is InChI=1S/C29H19ClN4O2/c1-17-26-27(22-16-36-24-9-5-3-7-21(24)28(22)35)33-23-8-4-2-6-18(23)10-15-25(33)31-29(26)34(32-17)20-13-11-19(30)12-14-20/h2-16,27H,1H3. The normalized spacial score (nSPS) is 15.9. The molecular formula is C29H19ClN4O2. The molecule has 2 aliphatic heterocycles. The molecule has 7 heteroatoms. The van der Waals surface area contributed by atoms with E-state index in [1.807, 2.05) is 84.4 Å². The lowest BCUT2D eigenvalue weighted by Crippen LogP contribution is -2.40. The third kappa shape index (κ3) is 3.01. The Bertz CT molecular complexity index is 1800. The van der Waals surface area contributed by atoms with E-state index in [0.717, 1.165) is 34.0 Å². The summed E-state index contributed by atoms with van der Waals surface area (Å²) in [5, 5.41) is 6.05. The van der Waals surface area contributed by atoms with Gasteiger partial charge in [-0.1, -0.05) is 41.9 Å². The van der Waals surface area contributed by atoms with Crippen molar-refractivity contribution in [2.24, 2.45) is 4.99 Å². The van der Waals surface area contributed by atoms with Gasteiger partial charge in [-0.25, -0.2) is 9.67 Å². The van der Waals surface area contributed by atoms with Gasteiger partial charge in [-0.2, -0.15) is 5.10 Å².